The topological polar surface area (TPSA) is 113 Å². The number of carbonyl (C=O) groups is 3. The van der Waals surface area contributed by atoms with E-state index in [1.54, 1.807) is 0 Å². The predicted molar refractivity (Wildman–Crippen MR) is 90.5 cm³/mol. The molecule has 1 aromatic carbocycles. The number of hydrogen-bond donors (Lipinski definition) is 3. The van der Waals surface area contributed by atoms with E-state index in [1.165, 1.54) is 37.0 Å². The van der Waals surface area contributed by atoms with Crippen LogP contribution in [-0.2, 0) is 21.5 Å². The molecule has 0 spiro atoms. The Labute approximate surface area is 148 Å². The molecular formula is C17H17FN4O4. The van der Waals surface area contributed by atoms with Crippen molar-refractivity contribution in [1.82, 2.24) is 9.78 Å². The Morgan fingerprint density at radius 3 is 2.77 bits per heavy atom. The summed E-state index contributed by atoms with van der Waals surface area (Å²) >= 11 is 0. The van der Waals surface area contributed by atoms with Gasteiger partial charge in [-0.05, 0) is 38.0 Å². The lowest BCUT2D eigenvalue weighted by Crippen LogP contribution is -2.35. The van der Waals surface area contributed by atoms with Crippen LogP contribution in [0.2, 0.25) is 0 Å². The molecule has 1 aliphatic rings. The fraction of sp³-hybridized carbons (Fsp3) is 0.294. The van der Waals surface area contributed by atoms with Crippen LogP contribution in [0.3, 0.4) is 0 Å². The highest BCUT2D eigenvalue weighted by molar-refractivity contribution is 6.05. The van der Waals surface area contributed by atoms with Crippen LogP contribution in [0.15, 0.2) is 24.5 Å². The van der Waals surface area contributed by atoms with Crippen molar-refractivity contribution in [3.63, 3.8) is 0 Å². The zero-order valence-electron chi connectivity index (χ0n) is 14.2. The number of amides is 2. The van der Waals surface area contributed by atoms with Gasteiger partial charge in [0.15, 0.2) is 5.54 Å². The number of carboxylic acid groups (broad SMARTS) is 1. The van der Waals surface area contributed by atoms with Crippen molar-refractivity contribution in [2.24, 2.45) is 0 Å². The van der Waals surface area contributed by atoms with Crippen molar-refractivity contribution < 1.29 is 23.9 Å². The highest BCUT2D eigenvalue weighted by Crippen LogP contribution is 2.26. The summed E-state index contributed by atoms with van der Waals surface area (Å²) in [6.45, 7) is 2.93. The molecule has 2 aromatic rings. The fourth-order valence-electron chi connectivity index (χ4n) is 2.57. The number of hydrogen-bond acceptors (Lipinski definition) is 4. The van der Waals surface area contributed by atoms with E-state index in [-0.39, 0.29) is 23.6 Å². The monoisotopic (exact) mass is 360 g/mol. The predicted octanol–water partition coefficient (Wildman–Crippen LogP) is 1.98. The molecule has 1 aromatic heterocycles. The SMILES string of the molecule is CC(C)(C(=O)O)n1cc(NC(=O)c2cc3c(cc2F)NC(=O)CC3)cn1. The van der Waals surface area contributed by atoms with Gasteiger partial charge in [0.2, 0.25) is 5.91 Å². The smallest absolute Gasteiger partial charge is 0.331 e. The van der Waals surface area contributed by atoms with Crippen LogP contribution < -0.4 is 10.6 Å². The number of carbonyl (C=O) groups excluding carboxylic acids is 2. The number of anilines is 2. The molecule has 3 N–H and O–H groups in total. The average Bonchev–Trinajstić information content (AvgIpc) is 3.03. The molecule has 9 heteroatoms. The Kier molecular flexibility index (Phi) is 4.23. The summed E-state index contributed by atoms with van der Waals surface area (Å²) in [5.41, 5.74) is -0.164. The van der Waals surface area contributed by atoms with Gasteiger partial charge in [0.1, 0.15) is 5.82 Å². The quantitative estimate of drug-likeness (QED) is 0.771. The van der Waals surface area contributed by atoms with E-state index in [2.05, 4.69) is 15.7 Å². The molecule has 8 nitrogen and oxygen atoms in total. The first-order valence-electron chi connectivity index (χ1n) is 7.90. The summed E-state index contributed by atoms with van der Waals surface area (Å²) in [4.78, 5) is 35.0. The van der Waals surface area contributed by atoms with Crippen LogP contribution in [-0.4, -0.2) is 32.7 Å². The first-order valence-corrected chi connectivity index (χ1v) is 7.90. The second-order valence-corrected chi connectivity index (χ2v) is 6.53. The second kappa shape index (κ2) is 6.25. The number of nitrogens with one attached hydrogen (secondary N) is 2. The van der Waals surface area contributed by atoms with E-state index >= 15 is 0 Å². The molecule has 0 unspecified atom stereocenters. The number of nitrogens with zero attached hydrogens (tertiary/aromatic N) is 2. The standard InChI is InChI=1S/C17H17FN4O4/c1-17(2,16(25)26)22-8-10(7-19-22)20-15(24)11-5-9-3-4-14(23)21-13(9)6-12(11)18/h5-8H,3-4H2,1-2H3,(H,20,24)(H,21,23)(H,25,26). The minimum absolute atomic E-state index is 0.162. The Hall–Kier alpha value is -3.23. The summed E-state index contributed by atoms with van der Waals surface area (Å²) in [6.07, 6.45) is 3.35. The number of rotatable bonds is 4. The number of aryl methyl sites for hydroxylation is 1. The van der Waals surface area contributed by atoms with Crippen molar-refractivity contribution in [1.29, 1.82) is 0 Å². The largest absolute Gasteiger partial charge is 0.479 e. The molecule has 2 amide bonds. The van der Waals surface area contributed by atoms with Crippen molar-refractivity contribution in [2.45, 2.75) is 32.2 Å². The maximum absolute atomic E-state index is 14.2. The van der Waals surface area contributed by atoms with Crippen molar-refractivity contribution in [2.75, 3.05) is 10.6 Å². The average molecular weight is 360 g/mol. The van der Waals surface area contributed by atoms with Gasteiger partial charge >= 0.3 is 5.97 Å². The van der Waals surface area contributed by atoms with Crippen LogP contribution in [0, 0.1) is 5.82 Å². The third-order valence-corrected chi connectivity index (χ3v) is 4.27. The van der Waals surface area contributed by atoms with Crippen LogP contribution in [0.25, 0.3) is 0 Å². The second-order valence-electron chi connectivity index (χ2n) is 6.53. The third kappa shape index (κ3) is 3.15. The molecule has 26 heavy (non-hydrogen) atoms. The number of carboxylic acids is 1. The lowest BCUT2D eigenvalue weighted by Gasteiger charge is -2.19. The van der Waals surface area contributed by atoms with E-state index in [4.69, 9.17) is 0 Å². The van der Waals surface area contributed by atoms with E-state index in [0.717, 1.165) is 6.07 Å². The van der Waals surface area contributed by atoms with Crippen LogP contribution in [0.4, 0.5) is 15.8 Å². The summed E-state index contributed by atoms with van der Waals surface area (Å²) in [5, 5.41) is 18.2. The Morgan fingerprint density at radius 2 is 2.08 bits per heavy atom. The fourth-order valence-corrected chi connectivity index (χ4v) is 2.57. The van der Waals surface area contributed by atoms with Crippen molar-refractivity contribution >= 4 is 29.2 Å². The lowest BCUT2D eigenvalue weighted by atomic mass is 9.99. The van der Waals surface area contributed by atoms with E-state index in [1.807, 2.05) is 0 Å². The number of fused-ring (bicyclic) bond motifs is 1. The molecule has 0 saturated carbocycles. The van der Waals surface area contributed by atoms with Crippen LogP contribution in [0.1, 0.15) is 36.2 Å². The first-order chi connectivity index (χ1) is 12.2. The molecular weight excluding hydrogens is 343 g/mol. The Bertz CT molecular complexity index is 919. The van der Waals surface area contributed by atoms with Crippen LogP contribution in [0.5, 0.6) is 0 Å². The summed E-state index contributed by atoms with van der Waals surface area (Å²) in [5.74, 6) is -2.72. The number of aromatic nitrogens is 2. The van der Waals surface area contributed by atoms with Gasteiger partial charge in [-0.3, -0.25) is 14.3 Å². The molecule has 3 rings (SSSR count). The molecule has 1 aliphatic heterocycles. The van der Waals surface area contributed by atoms with E-state index in [9.17, 15) is 23.9 Å². The van der Waals surface area contributed by atoms with Gasteiger partial charge in [0, 0.05) is 18.3 Å². The summed E-state index contributed by atoms with van der Waals surface area (Å²) in [7, 11) is 0. The molecule has 0 bridgehead atoms. The Morgan fingerprint density at radius 1 is 1.35 bits per heavy atom. The first kappa shape index (κ1) is 17.6. The lowest BCUT2D eigenvalue weighted by molar-refractivity contribution is -0.146. The number of aliphatic carboxylic acids is 1. The molecule has 0 fully saturated rings. The normalized spacial score (nSPS) is 13.7. The van der Waals surface area contributed by atoms with Crippen molar-refractivity contribution in [3.05, 3.63) is 41.5 Å². The van der Waals surface area contributed by atoms with Gasteiger partial charge in [-0.1, -0.05) is 0 Å². The number of halogens is 1. The van der Waals surface area contributed by atoms with Crippen molar-refractivity contribution in [3.8, 4) is 0 Å². The highest BCUT2D eigenvalue weighted by atomic mass is 19.1. The molecule has 136 valence electrons. The summed E-state index contributed by atoms with van der Waals surface area (Å²) < 4.78 is 15.4. The van der Waals surface area contributed by atoms with Gasteiger partial charge in [-0.2, -0.15) is 5.10 Å². The molecule has 2 heterocycles. The minimum Gasteiger partial charge on any atom is -0.479 e. The Balaban J connectivity index is 1.82. The van der Waals surface area contributed by atoms with Gasteiger partial charge in [-0.15, -0.1) is 0 Å². The summed E-state index contributed by atoms with van der Waals surface area (Å²) in [6, 6.07) is 2.53. The van der Waals surface area contributed by atoms with Gasteiger partial charge in [0.25, 0.3) is 5.91 Å². The van der Waals surface area contributed by atoms with Gasteiger partial charge < -0.3 is 15.7 Å². The molecule has 0 atom stereocenters. The maximum atomic E-state index is 14.2. The molecule has 0 saturated heterocycles. The minimum atomic E-state index is -1.29. The van der Waals surface area contributed by atoms with E-state index < -0.39 is 23.2 Å². The maximum Gasteiger partial charge on any atom is 0.331 e. The zero-order chi connectivity index (χ0) is 19.1. The molecule has 0 radical (unpaired) electrons. The third-order valence-electron chi connectivity index (χ3n) is 4.27. The van der Waals surface area contributed by atoms with Gasteiger partial charge in [-0.25, -0.2) is 9.18 Å². The van der Waals surface area contributed by atoms with Crippen LogP contribution >= 0.6 is 0 Å². The van der Waals surface area contributed by atoms with E-state index in [0.29, 0.717) is 17.7 Å². The number of benzene rings is 1. The highest BCUT2D eigenvalue weighted by Gasteiger charge is 2.30. The van der Waals surface area contributed by atoms with Gasteiger partial charge in [0.05, 0.1) is 17.4 Å². The zero-order valence-corrected chi connectivity index (χ0v) is 14.2. The molecule has 0 aliphatic carbocycles.